The van der Waals surface area contributed by atoms with Gasteiger partial charge in [0.1, 0.15) is 13.2 Å². The molecule has 0 aliphatic carbocycles. The average molecular weight is 265 g/mol. The number of hydrogen-bond acceptors (Lipinski definition) is 4. The van der Waals surface area contributed by atoms with Crippen LogP contribution in [-0.2, 0) is 11.3 Å². The molecule has 0 spiro atoms. The second-order valence-corrected chi connectivity index (χ2v) is 4.76. The van der Waals surface area contributed by atoms with Crippen LogP contribution in [0.5, 0.6) is 11.5 Å². The van der Waals surface area contributed by atoms with Crippen molar-refractivity contribution in [2.24, 2.45) is 0 Å². The lowest BCUT2D eigenvalue weighted by Gasteiger charge is -2.22. The maximum atomic E-state index is 5.71. The Labute approximate surface area is 115 Å². The van der Waals surface area contributed by atoms with Gasteiger partial charge in [-0.05, 0) is 12.5 Å². The van der Waals surface area contributed by atoms with Crippen molar-refractivity contribution in [2.75, 3.05) is 26.9 Å². The molecule has 1 unspecified atom stereocenters. The van der Waals surface area contributed by atoms with Crippen molar-refractivity contribution in [2.45, 2.75) is 32.4 Å². The van der Waals surface area contributed by atoms with Crippen molar-refractivity contribution in [3.63, 3.8) is 0 Å². The number of hydrogen-bond donors (Lipinski definition) is 1. The van der Waals surface area contributed by atoms with Gasteiger partial charge in [0.15, 0.2) is 11.5 Å². The van der Waals surface area contributed by atoms with Crippen LogP contribution in [0, 0.1) is 0 Å². The number of benzene rings is 1. The van der Waals surface area contributed by atoms with Crippen LogP contribution in [0.15, 0.2) is 18.2 Å². The third-order valence-corrected chi connectivity index (χ3v) is 3.23. The normalized spacial score (nSPS) is 15.3. The van der Waals surface area contributed by atoms with E-state index in [4.69, 9.17) is 14.2 Å². The fourth-order valence-electron chi connectivity index (χ4n) is 2.32. The minimum atomic E-state index is 0.385. The minimum absolute atomic E-state index is 0.385. The van der Waals surface area contributed by atoms with Gasteiger partial charge in [0, 0.05) is 25.3 Å². The van der Waals surface area contributed by atoms with Crippen molar-refractivity contribution < 1.29 is 14.2 Å². The zero-order valence-electron chi connectivity index (χ0n) is 11.8. The average Bonchev–Trinajstić information content (AvgIpc) is 2.45. The Morgan fingerprint density at radius 1 is 1.32 bits per heavy atom. The van der Waals surface area contributed by atoms with E-state index in [1.54, 1.807) is 7.11 Å². The quantitative estimate of drug-likeness (QED) is 0.821. The molecule has 0 aromatic heterocycles. The molecule has 4 nitrogen and oxygen atoms in total. The first-order chi connectivity index (χ1) is 9.35. The predicted octanol–water partition coefficient (Wildman–Crippen LogP) is 2.36. The van der Waals surface area contributed by atoms with Gasteiger partial charge in [0.2, 0.25) is 0 Å². The standard InChI is InChI=1S/C15H23NO3/c1-3-5-13(11-17-2)16-10-12-6-4-7-14-15(12)19-9-8-18-14/h4,6-7,13,16H,3,5,8-11H2,1-2H3. The molecule has 1 heterocycles. The third-order valence-electron chi connectivity index (χ3n) is 3.23. The molecule has 4 heteroatoms. The molecule has 1 aliphatic heterocycles. The first kappa shape index (κ1) is 14.2. The Hall–Kier alpha value is -1.26. The summed E-state index contributed by atoms with van der Waals surface area (Å²) in [6.45, 7) is 4.96. The molecule has 2 rings (SSSR count). The van der Waals surface area contributed by atoms with Crippen molar-refractivity contribution in [1.29, 1.82) is 0 Å². The van der Waals surface area contributed by atoms with Gasteiger partial charge < -0.3 is 19.5 Å². The minimum Gasteiger partial charge on any atom is -0.486 e. The van der Waals surface area contributed by atoms with Crippen molar-refractivity contribution in [3.05, 3.63) is 23.8 Å². The zero-order valence-corrected chi connectivity index (χ0v) is 11.8. The third kappa shape index (κ3) is 3.85. The highest BCUT2D eigenvalue weighted by atomic mass is 16.6. The van der Waals surface area contributed by atoms with Gasteiger partial charge in [-0.1, -0.05) is 25.5 Å². The molecule has 0 saturated carbocycles. The van der Waals surface area contributed by atoms with Gasteiger partial charge in [0.25, 0.3) is 0 Å². The fraction of sp³-hybridized carbons (Fsp3) is 0.600. The molecule has 1 N–H and O–H groups in total. The predicted molar refractivity (Wildman–Crippen MR) is 74.8 cm³/mol. The molecule has 1 aromatic carbocycles. The van der Waals surface area contributed by atoms with Gasteiger partial charge in [0.05, 0.1) is 6.61 Å². The Balaban J connectivity index is 1.98. The molecular formula is C15H23NO3. The molecule has 0 fully saturated rings. The Bertz CT molecular complexity index is 389. The van der Waals surface area contributed by atoms with E-state index in [2.05, 4.69) is 18.3 Å². The molecule has 19 heavy (non-hydrogen) atoms. The van der Waals surface area contributed by atoms with Crippen LogP contribution in [0.3, 0.4) is 0 Å². The van der Waals surface area contributed by atoms with Crippen LogP contribution < -0.4 is 14.8 Å². The maximum absolute atomic E-state index is 5.71. The fourth-order valence-corrected chi connectivity index (χ4v) is 2.32. The number of para-hydroxylation sites is 1. The topological polar surface area (TPSA) is 39.7 Å². The van der Waals surface area contributed by atoms with Crippen LogP contribution in [-0.4, -0.2) is 33.0 Å². The first-order valence-corrected chi connectivity index (χ1v) is 6.95. The summed E-state index contributed by atoms with van der Waals surface area (Å²) in [5.74, 6) is 1.73. The zero-order chi connectivity index (χ0) is 13.5. The summed E-state index contributed by atoms with van der Waals surface area (Å²) in [5, 5.41) is 3.53. The number of nitrogens with one attached hydrogen (secondary N) is 1. The smallest absolute Gasteiger partial charge is 0.165 e. The maximum Gasteiger partial charge on any atom is 0.165 e. The summed E-state index contributed by atoms with van der Waals surface area (Å²) in [6.07, 6.45) is 2.26. The molecule has 0 bridgehead atoms. The summed E-state index contributed by atoms with van der Waals surface area (Å²) in [4.78, 5) is 0. The molecule has 0 radical (unpaired) electrons. The molecular weight excluding hydrogens is 242 g/mol. The van der Waals surface area contributed by atoms with Gasteiger partial charge in [-0.15, -0.1) is 0 Å². The van der Waals surface area contributed by atoms with E-state index < -0.39 is 0 Å². The van der Waals surface area contributed by atoms with Crippen LogP contribution in [0.2, 0.25) is 0 Å². The molecule has 1 atom stereocenters. The molecule has 0 saturated heterocycles. The summed E-state index contributed by atoms with van der Waals surface area (Å²) in [5.41, 5.74) is 1.15. The summed E-state index contributed by atoms with van der Waals surface area (Å²) >= 11 is 0. The van der Waals surface area contributed by atoms with Gasteiger partial charge in [-0.2, -0.15) is 0 Å². The number of methoxy groups -OCH3 is 1. The van der Waals surface area contributed by atoms with E-state index in [0.29, 0.717) is 19.3 Å². The molecule has 106 valence electrons. The second-order valence-electron chi connectivity index (χ2n) is 4.76. The lowest BCUT2D eigenvalue weighted by Crippen LogP contribution is -2.33. The number of fused-ring (bicyclic) bond motifs is 1. The summed E-state index contributed by atoms with van der Waals surface area (Å²) in [6, 6.07) is 6.43. The second kappa shape index (κ2) is 7.36. The molecule has 1 aromatic rings. The lowest BCUT2D eigenvalue weighted by atomic mass is 10.1. The monoisotopic (exact) mass is 265 g/mol. The SMILES string of the molecule is CCCC(COC)NCc1cccc2c1OCCO2. The highest BCUT2D eigenvalue weighted by Crippen LogP contribution is 2.33. The summed E-state index contributed by atoms with van der Waals surface area (Å²) in [7, 11) is 1.74. The highest BCUT2D eigenvalue weighted by Gasteiger charge is 2.16. The number of rotatable bonds is 7. The summed E-state index contributed by atoms with van der Waals surface area (Å²) < 4.78 is 16.5. The Morgan fingerprint density at radius 3 is 2.95 bits per heavy atom. The van der Waals surface area contributed by atoms with Crippen LogP contribution >= 0.6 is 0 Å². The molecule has 1 aliphatic rings. The highest BCUT2D eigenvalue weighted by molar-refractivity contribution is 5.47. The van der Waals surface area contributed by atoms with E-state index in [9.17, 15) is 0 Å². The Morgan fingerprint density at radius 2 is 2.16 bits per heavy atom. The van der Waals surface area contributed by atoms with E-state index in [1.165, 1.54) is 0 Å². The number of ether oxygens (including phenoxy) is 3. The largest absolute Gasteiger partial charge is 0.486 e. The van der Waals surface area contributed by atoms with Crippen LogP contribution in [0.25, 0.3) is 0 Å². The van der Waals surface area contributed by atoms with E-state index >= 15 is 0 Å². The lowest BCUT2D eigenvalue weighted by molar-refractivity contribution is 0.158. The van der Waals surface area contributed by atoms with Crippen molar-refractivity contribution in [1.82, 2.24) is 5.32 Å². The van der Waals surface area contributed by atoms with Gasteiger partial charge >= 0.3 is 0 Å². The van der Waals surface area contributed by atoms with Crippen molar-refractivity contribution in [3.8, 4) is 11.5 Å². The van der Waals surface area contributed by atoms with Crippen LogP contribution in [0.4, 0.5) is 0 Å². The Kier molecular flexibility index (Phi) is 5.48. The van der Waals surface area contributed by atoms with E-state index in [-0.39, 0.29) is 0 Å². The van der Waals surface area contributed by atoms with Crippen LogP contribution in [0.1, 0.15) is 25.3 Å². The van der Waals surface area contributed by atoms with Gasteiger partial charge in [-0.25, -0.2) is 0 Å². The van der Waals surface area contributed by atoms with E-state index in [1.807, 2.05) is 12.1 Å². The van der Waals surface area contributed by atoms with Crippen molar-refractivity contribution >= 4 is 0 Å². The molecule has 0 amide bonds. The first-order valence-electron chi connectivity index (χ1n) is 6.95. The van der Waals surface area contributed by atoms with Gasteiger partial charge in [-0.3, -0.25) is 0 Å². The van der Waals surface area contributed by atoms with E-state index in [0.717, 1.165) is 43.1 Å².